The van der Waals surface area contributed by atoms with Crippen molar-refractivity contribution in [2.75, 3.05) is 19.6 Å². The summed E-state index contributed by atoms with van der Waals surface area (Å²) in [7, 11) is 0. The number of hydrogen-bond donors (Lipinski definition) is 2. The number of nitrogens with one attached hydrogen (secondary N) is 2. The van der Waals surface area contributed by atoms with Crippen LogP contribution in [-0.2, 0) is 4.79 Å². The molecule has 1 amide bonds. The highest BCUT2D eigenvalue weighted by molar-refractivity contribution is 8.14. The minimum absolute atomic E-state index is 0.214. The third-order valence-corrected chi connectivity index (χ3v) is 3.50. The van der Waals surface area contributed by atoms with E-state index in [1.165, 1.54) is 0 Å². The van der Waals surface area contributed by atoms with Crippen LogP contribution in [0.4, 0.5) is 0 Å². The van der Waals surface area contributed by atoms with Gasteiger partial charge in [0, 0.05) is 24.3 Å². The molecular formula is C10H17N3OS. The van der Waals surface area contributed by atoms with Crippen molar-refractivity contribution in [3.63, 3.8) is 0 Å². The first-order valence-corrected chi connectivity index (χ1v) is 6.36. The summed E-state index contributed by atoms with van der Waals surface area (Å²) in [6.45, 7) is 4.54. The normalized spacial score (nSPS) is 24.9. The van der Waals surface area contributed by atoms with E-state index in [0.29, 0.717) is 17.7 Å². The van der Waals surface area contributed by atoms with Crippen molar-refractivity contribution in [3.8, 4) is 0 Å². The number of carbonyl (C=O) groups excluding carboxylic acids is 1. The van der Waals surface area contributed by atoms with Gasteiger partial charge in [0.2, 0.25) is 5.91 Å². The Morgan fingerprint density at radius 1 is 1.53 bits per heavy atom. The average Bonchev–Trinajstić information content (AvgIpc) is 2.98. The van der Waals surface area contributed by atoms with Gasteiger partial charge in [0.05, 0.1) is 6.54 Å². The number of amidine groups is 1. The van der Waals surface area contributed by atoms with E-state index >= 15 is 0 Å². The monoisotopic (exact) mass is 227 g/mol. The number of hydrogen-bond acceptors (Lipinski definition) is 4. The van der Waals surface area contributed by atoms with Crippen LogP contribution in [0.3, 0.4) is 0 Å². The van der Waals surface area contributed by atoms with Crippen LogP contribution in [0.15, 0.2) is 4.99 Å². The van der Waals surface area contributed by atoms with Gasteiger partial charge < -0.3 is 10.6 Å². The number of rotatable bonds is 4. The molecule has 0 aromatic carbocycles. The molecule has 0 aromatic heterocycles. The molecule has 1 saturated carbocycles. The van der Waals surface area contributed by atoms with E-state index in [4.69, 9.17) is 0 Å². The number of thioether (sulfide) groups is 1. The Labute approximate surface area is 94.3 Å². The molecule has 0 saturated heterocycles. The third kappa shape index (κ3) is 3.41. The smallest absolute Gasteiger partial charge is 0.223 e. The molecule has 0 bridgehead atoms. The van der Waals surface area contributed by atoms with Crippen LogP contribution >= 0.6 is 11.8 Å². The molecule has 0 aromatic rings. The number of aliphatic imine (C=N–C) groups is 1. The van der Waals surface area contributed by atoms with Crippen molar-refractivity contribution in [1.29, 1.82) is 0 Å². The van der Waals surface area contributed by atoms with E-state index in [0.717, 1.165) is 31.1 Å². The lowest BCUT2D eigenvalue weighted by molar-refractivity contribution is -0.122. The van der Waals surface area contributed by atoms with Gasteiger partial charge >= 0.3 is 0 Å². The standard InChI is InChI=1S/C10H17N3OS/c1-7-6-13-10(15-7)12-5-4-11-9(14)8-2-3-8/h7-8H,2-6H2,1H3,(H,11,14)(H,12,13). The van der Waals surface area contributed by atoms with Gasteiger partial charge in [0.15, 0.2) is 5.17 Å². The lowest BCUT2D eigenvalue weighted by Crippen LogP contribution is -2.34. The van der Waals surface area contributed by atoms with Crippen molar-refractivity contribution in [3.05, 3.63) is 0 Å². The fourth-order valence-electron chi connectivity index (χ4n) is 1.42. The summed E-state index contributed by atoms with van der Waals surface area (Å²) in [5, 5.41) is 7.75. The summed E-state index contributed by atoms with van der Waals surface area (Å²) in [6, 6.07) is 0. The molecule has 15 heavy (non-hydrogen) atoms. The maximum absolute atomic E-state index is 11.3. The molecule has 2 aliphatic rings. The predicted octanol–water partition coefficient (Wildman–Crippen LogP) is 0.593. The zero-order valence-electron chi connectivity index (χ0n) is 8.95. The third-order valence-electron chi connectivity index (χ3n) is 2.45. The van der Waals surface area contributed by atoms with E-state index in [1.54, 1.807) is 11.8 Å². The van der Waals surface area contributed by atoms with Gasteiger partial charge in [0.1, 0.15) is 0 Å². The number of amides is 1. The molecule has 1 aliphatic heterocycles. The molecule has 5 heteroatoms. The van der Waals surface area contributed by atoms with Crippen LogP contribution in [0.2, 0.25) is 0 Å². The van der Waals surface area contributed by atoms with Gasteiger partial charge in [-0.3, -0.25) is 9.79 Å². The Hall–Kier alpha value is -0.710. The molecule has 2 N–H and O–H groups in total. The largest absolute Gasteiger partial charge is 0.363 e. The lowest BCUT2D eigenvalue weighted by Gasteiger charge is -2.07. The molecule has 1 aliphatic carbocycles. The van der Waals surface area contributed by atoms with Gasteiger partial charge in [-0.2, -0.15) is 0 Å². The summed E-state index contributed by atoms with van der Waals surface area (Å²) in [5.74, 6) is 0.523. The molecular weight excluding hydrogens is 210 g/mol. The number of carbonyl (C=O) groups is 1. The van der Waals surface area contributed by atoms with Gasteiger partial charge in [-0.1, -0.05) is 18.7 Å². The van der Waals surface area contributed by atoms with E-state index in [2.05, 4.69) is 22.5 Å². The highest BCUT2D eigenvalue weighted by Crippen LogP contribution is 2.28. The number of nitrogens with zero attached hydrogens (tertiary/aromatic N) is 1. The first-order valence-electron chi connectivity index (χ1n) is 5.48. The average molecular weight is 227 g/mol. The lowest BCUT2D eigenvalue weighted by atomic mass is 10.4. The van der Waals surface area contributed by atoms with Crippen molar-refractivity contribution < 1.29 is 4.79 Å². The van der Waals surface area contributed by atoms with Gasteiger partial charge in [-0.25, -0.2) is 0 Å². The molecule has 1 fully saturated rings. The molecule has 4 nitrogen and oxygen atoms in total. The second kappa shape index (κ2) is 4.88. The first kappa shape index (κ1) is 10.8. The first-order chi connectivity index (χ1) is 7.25. The van der Waals surface area contributed by atoms with Crippen LogP contribution in [0, 0.1) is 5.92 Å². The zero-order valence-corrected chi connectivity index (χ0v) is 9.77. The Morgan fingerprint density at radius 3 is 2.93 bits per heavy atom. The van der Waals surface area contributed by atoms with E-state index < -0.39 is 0 Å². The zero-order chi connectivity index (χ0) is 10.7. The SMILES string of the molecule is CC1CN=C(NCCNC(=O)C2CC2)S1. The second-order valence-electron chi connectivity index (χ2n) is 4.07. The topological polar surface area (TPSA) is 53.5 Å². The summed E-state index contributed by atoms with van der Waals surface area (Å²) in [6.07, 6.45) is 2.14. The molecule has 1 unspecified atom stereocenters. The molecule has 2 rings (SSSR count). The Kier molecular flexibility index (Phi) is 3.51. The summed E-state index contributed by atoms with van der Waals surface area (Å²) in [5.41, 5.74) is 0. The van der Waals surface area contributed by atoms with Gasteiger partial charge in [-0.05, 0) is 12.8 Å². The van der Waals surface area contributed by atoms with Crippen LogP contribution in [0.25, 0.3) is 0 Å². The van der Waals surface area contributed by atoms with Gasteiger partial charge in [0.25, 0.3) is 0 Å². The summed E-state index contributed by atoms with van der Waals surface area (Å²) in [4.78, 5) is 15.6. The van der Waals surface area contributed by atoms with Crippen LogP contribution in [0.5, 0.6) is 0 Å². The predicted molar refractivity (Wildman–Crippen MR) is 63.1 cm³/mol. The van der Waals surface area contributed by atoms with E-state index in [-0.39, 0.29) is 5.91 Å². The molecule has 0 radical (unpaired) electrons. The maximum atomic E-state index is 11.3. The fourth-order valence-corrected chi connectivity index (χ4v) is 2.28. The molecule has 84 valence electrons. The van der Waals surface area contributed by atoms with Crippen LogP contribution < -0.4 is 10.6 Å². The molecule has 0 spiro atoms. The van der Waals surface area contributed by atoms with E-state index in [9.17, 15) is 4.79 Å². The highest BCUT2D eigenvalue weighted by Gasteiger charge is 2.28. The van der Waals surface area contributed by atoms with Crippen molar-refractivity contribution in [1.82, 2.24) is 10.6 Å². The fraction of sp³-hybridized carbons (Fsp3) is 0.800. The van der Waals surface area contributed by atoms with Crippen LogP contribution in [-0.4, -0.2) is 36.0 Å². The van der Waals surface area contributed by atoms with E-state index in [1.807, 2.05) is 0 Å². The minimum Gasteiger partial charge on any atom is -0.363 e. The Bertz CT molecular complexity index is 276. The minimum atomic E-state index is 0.214. The second-order valence-corrected chi connectivity index (χ2v) is 5.49. The van der Waals surface area contributed by atoms with Crippen molar-refractivity contribution in [2.24, 2.45) is 10.9 Å². The summed E-state index contributed by atoms with van der Waals surface area (Å²) >= 11 is 1.77. The quantitative estimate of drug-likeness (QED) is 0.691. The Balaban J connectivity index is 1.53. The summed E-state index contributed by atoms with van der Waals surface area (Å²) < 4.78 is 0. The molecule has 1 atom stereocenters. The molecule has 1 heterocycles. The highest BCUT2D eigenvalue weighted by atomic mass is 32.2. The Morgan fingerprint density at radius 2 is 2.33 bits per heavy atom. The van der Waals surface area contributed by atoms with Crippen molar-refractivity contribution >= 4 is 22.8 Å². The van der Waals surface area contributed by atoms with Crippen LogP contribution in [0.1, 0.15) is 19.8 Å². The van der Waals surface area contributed by atoms with Gasteiger partial charge in [-0.15, -0.1) is 0 Å². The maximum Gasteiger partial charge on any atom is 0.223 e. The van der Waals surface area contributed by atoms with Crippen molar-refractivity contribution in [2.45, 2.75) is 25.0 Å².